The minimum absolute atomic E-state index is 0.0495. The smallest absolute Gasteiger partial charge is 0.410 e. The summed E-state index contributed by atoms with van der Waals surface area (Å²) in [4.78, 5) is 17.0. The van der Waals surface area contributed by atoms with Crippen molar-refractivity contribution < 1.29 is 14.6 Å². The number of aliphatic hydroxyl groups is 1. The quantitative estimate of drug-likeness (QED) is 0.550. The van der Waals surface area contributed by atoms with Crippen LogP contribution in [-0.2, 0) is 4.74 Å². The lowest BCUT2D eigenvalue weighted by molar-refractivity contribution is -0.0842. The molecule has 1 amide bonds. The van der Waals surface area contributed by atoms with E-state index in [-0.39, 0.29) is 18.2 Å². The van der Waals surface area contributed by atoms with Gasteiger partial charge >= 0.3 is 6.09 Å². The van der Waals surface area contributed by atoms with E-state index in [0.29, 0.717) is 23.4 Å². The third-order valence-corrected chi connectivity index (χ3v) is 8.84. The van der Waals surface area contributed by atoms with Crippen LogP contribution >= 0.6 is 0 Å². The number of hydrogen-bond acceptors (Lipinski definition) is 6. The second-order valence-corrected chi connectivity index (χ2v) is 12.3. The average molecular weight is 479 g/mol. The lowest BCUT2D eigenvalue weighted by Gasteiger charge is -2.56. The Hall–Kier alpha value is -1.31. The molecule has 3 fully saturated rings. The van der Waals surface area contributed by atoms with Gasteiger partial charge in [-0.05, 0) is 104 Å². The number of amides is 1. The van der Waals surface area contributed by atoms with Gasteiger partial charge in [0, 0.05) is 38.4 Å². The molecule has 1 N–H and O–H groups in total. The minimum atomic E-state index is -0.426. The van der Waals surface area contributed by atoms with E-state index in [1.165, 1.54) is 38.8 Å². The standard InChI is InChI=1S/C27H50N4O3/c1-9-31(28(8)20(2)22(4)32)21(3)23-10-14-29(15-11-23)24-18-27(19-24)12-16-30(17-13-27)25(33)34-26(5,6)7/h9,20-24,32H,1,10-19H2,2-8H3. The Bertz CT molecular complexity index is 682. The van der Waals surface area contributed by atoms with Gasteiger partial charge in [0.2, 0.25) is 0 Å². The molecule has 0 radical (unpaired) electrons. The summed E-state index contributed by atoms with van der Waals surface area (Å²) in [5, 5.41) is 14.4. The fraction of sp³-hybridized carbons (Fsp3) is 0.889. The molecule has 196 valence electrons. The first kappa shape index (κ1) is 27.3. The minimum Gasteiger partial charge on any atom is -0.444 e. The summed E-state index contributed by atoms with van der Waals surface area (Å²) in [6.45, 7) is 20.0. The Balaban J connectivity index is 1.42. The van der Waals surface area contributed by atoms with Crippen molar-refractivity contribution in [2.24, 2.45) is 11.3 Å². The largest absolute Gasteiger partial charge is 0.444 e. The van der Waals surface area contributed by atoms with Crippen molar-refractivity contribution in [2.45, 2.75) is 110 Å². The van der Waals surface area contributed by atoms with Crippen LogP contribution in [0.25, 0.3) is 0 Å². The zero-order chi connectivity index (χ0) is 25.3. The number of carbonyl (C=O) groups is 1. The van der Waals surface area contributed by atoms with Gasteiger partial charge in [0.1, 0.15) is 5.60 Å². The normalized spacial score (nSPS) is 25.0. The van der Waals surface area contributed by atoms with E-state index in [9.17, 15) is 9.90 Å². The molecule has 0 aromatic rings. The van der Waals surface area contributed by atoms with Gasteiger partial charge < -0.3 is 24.7 Å². The Morgan fingerprint density at radius 2 is 1.68 bits per heavy atom. The first-order valence-corrected chi connectivity index (χ1v) is 13.4. The maximum absolute atomic E-state index is 12.4. The number of hydrogen-bond donors (Lipinski definition) is 1. The van der Waals surface area contributed by atoms with Crippen molar-refractivity contribution in [1.29, 1.82) is 0 Å². The molecule has 2 saturated heterocycles. The number of aliphatic hydroxyl groups excluding tert-OH is 1. The lowest BCUT2D eigenvalue weighted by Crippen LogP contribution is -2.58. The van der Waals surface area contributed by atoms with Crippen LogP contribution in [0.3, 0.4) is 0 Å². The van der Waals surface area contributed by atoms with Gasteiger partial charge in [0.15, 0.2) is 0 Å². The topological polar surface area (TPSA) is 59.5 Å². The van der Waals surface area contributed by atoms with Crippen LogP contribution in [0.4, 0.5) is 4.79 Å². The average Bonchev–Trinajstić information content (AvgIpc) is 2.76. The first-order valence-electron chi connectivity index (χ1n) is 13.4. The van der Waals surface area contributed by atoms with E-state index in [1.807, 2.05) is 45.8 Å². The van der Waals surface area contributed by atoms with Crippen molar-refractivity contribution in [3.05, 3.63) is 12.8 Å². The van der Waals surface area contributed by atoms with Crippen molar-refractivity contribution in [1.82, 2.24) is 19.8 Å². The van der Waals surface area contributed by atoms with Crippen LogP contribution in [0, 0.1) is 11.3 Å². The molecular weight excluding hydrogens is 428 g/mol. The molecule has 2 aliphatic heterocycles. The molecule has 7 nitrogen and oxygen atoms in total. The summed E-state index contributed by atoms with van der Waals surface area (Å²) in [5.41, 5.74) is 0.0117. The Kier molecular flexibility index (Phi) is 8.63. The number of likely N-dealkylation sites (tertiary alicyclic amines) is 2. The van der Waals surface area contributed by atoms with Crippen LogP contribution in [0.1, 0.15) is 80.1 Å². The highest BCUT2D eigenvalue weighted by atomic mass is 16.6. The van der Waals surface area contributed by atoms with Gasteiger partial charge in [0.05, 0.1) is 12.1 Å². The predicted molar refractivity (Wildman–Crippen MR) is 137 cm³/mol. The third kappa shape index (κ3) is 6.27. The summed E-state index contributed by atoms with van der Waals surface area (Å²) in [6, 6.07) is 1.13. The van der Waals surface area contributed by atoms with Crippen molar-refractivity contribution >= 4 is 6.09 Å². The number of nitrogens with zero attached hydrogens (tertiary/aromatic N) is 4. The molecule has 3 unspecified atom stereocenters. The third-order valence-electron chi connectivity index (χ3n) is 8.84. The predicted octanol–water partition coefficient (Wildman–Crippen LogP) is 4.33. The van der Waals surface area contributed by atoms with Gasteiger partial charge in [-0.25, -0.2) is 9.80 Å². The van der Waals surface area contributed by atoms with E-state index in [1.54, 1.807) is 0 Å². The Labute approximate surface area is 208 Å². The number of likely N-dealkylation sites (N-methyl/N-ethyl adjacent to an activating group) is 1. The molecule has 0 aromatic carbocycles. The van der Waals surface area contributed by atoms with Crippen LogP contribution in [0.15, 0.2) is 12.8 Å². The highest BCUT2D eigenvalue weighted by Crippen LogP contribution is 2.51. The van der Waals surface area contributed by atoms with Gasteiger partial charge in [-0.1, -0.05) is 6.58 Å². The molecule has 3 aliphatic rings. The summed E-state index contributed by atoms with van der Waals surface area (Å²) < 4.78 is 5.56. The molecule has 7 heteroatoms. The second kappa shape index (κ2) is 10.8. The number of ether oxygens (including phenoxy) is 1. The zero-order valence-electron chi connectivity index (χ0n) is 22.8. The molecule has 1 saturated carbocycles. The molecule has 3 atom stereocenters. The molecular formula is C27H50N4O3. The van der Waals surface area contributed by atoms with Crippen molar-refractivity contribution in [3.8, 4) is 0 Å². The highest BCUT2D eigenvalue weighted by Gasteiger charge is 2.49. The maximum atomic E-state index is 12.4. The van der Waals surface area contributed by atoms with Crippen molar-refractivity contribution in [2.75, 3.05) is 33.2 Å². The lowest BCUT2D eigenvalue weighted by atomic mass is 9.59. The molecule has 2 heterocycles. The molecule has 0 bridgehead atoms. The molecule has 1 aliphatic carbocycles. The maximum Gasteiger partial charge on any atom is 0.410 e. The summed E-state index contributed by atoms with van der Waals surface area (Å²) >= 11 is 0. The van der Waals surface area contributed by atoms with Crippen LogP contribution in [0.2, 0.25) is 0 Å². The van der Waals surface area contributed by atoms with E-state index >= 15 is 0 Å². The van der Waals surface area contributed by atoms with Gasteiger partial charge in [-0.3, -0.25) is 0 Å². The fourth-order valence-electron chi connectivity index (χ4n) is 6.18. The van der Waals surface area contributed by atoms with Crippen molar-refractivity contribution in [3.63, 3.8) is 0 Å². The zero-order valence-corrected chi connectivity index (χ0v) is 22.8. The van der Waals surface area contributed by atoms with E-state index in [2.05, 4.69) is 35.3 Å². The highest BCUT2D eigenvalue weighted by molar-refractivity contribution is 5.68. The number of piperidine rings is 2. The molecule has 34 heavy (non-hydrogen) atoms. The van der Waals surface area contributed by atoms with E-state index < -0.39 is 5.60 Å². The van der Waals surface area contributed by atoms with E-state index in [0.717, 1.165) is 25.9 Å². The monoisotopic (exact) mass is 478 g/mol. The Morgan fingerprint density at radius 3 is 2.15 bits per heavy atom. The molecule has 3 rings (SSSR count). The van der Waals surface area contributed by atoms with Gasteiger partial charge in [0.25, 0.3) is 0 Å². The summed E-state index contributed by atoms with van der Waals surface area (Å²) in [7, 11) is 2.05. The SMILES string of the molecule is C=CN(C(C)C1CCN(C2CC3(CCN(C(=O)OC(C)(C)C)CC3)C2)CC1)N(C)C(C)C(C)O. The second-order valence-electron chi connectivity index (χ2n) is 12.3. The molecule has 1 spiro atoms. The fourth-order valence-corrected chi connectivity index (χ4v) is 6.18. The van der Waals surface area contributed by atoms with E-state index in [4.69, 9.17) is 4.74 Å². The summed E-state index contributed by atoms with van der Waals surface area (Å²) in [6.07, 6.45) is 8.56. The van der Waals surface area contributed by atoms with Gasteiger partial charge in [-0.15, -0.1) is 0 Å². The van der Waals surface area contributed by atoms with Crippen LogP contribution in [-0.4, -0.2) is 94.1 Å². The number of carbonyl (C=O) groups excluding carboxylic acids is 1. The molecule has 0 aromatic heterocycles. The first-order chi connectivity index (χ1) is 15.9. The van der Waals surface area contributed by atoms with Gasteiger partial charge in [-0.2, -0.15) is 0 Å². The van der Waals surface area contributed by atoms with Crippen LogP contribution < -0.4 is 0 Å². The summed E-state index contributed by atoms with van der Waals surface area (Å²) in [5.74, 6) is 0.629. The number of hydrazine groups is 1. The number of rotatable bonds is 7. The Morgan fingerprint density at radius 1 is 1.12 bits per heavy atom. The van der Waals surface area contributed by atoms with Crippen LogP contribution in [0.5, 0.6) is 0 Å².